The molecular formula is C12H16ClNOS. The zero-order valence-corrected chi connectivity index (χ0v) is 11.1. The van der Waals surface area contributed by atoms with Crippen LogP contribution in [0.1, 0.15) is 17.3 Å². The van der Waals surface area contributed by atoms with Crippen molar-refractivity contribution in [2.24, 2.45) is 5.92 Å². The van der Waals surface area contributed by atoms with Gasteiger partial charge in [-0.2, -0.15) is 11.8 Å². The lowest BCUT2D eigenvalue weighted by molar-refractivity contribution is 0.0949. The predicted octanol–water partition coefficient (Wildman–Crippen LogP) is 3.07. The second-order valence-corrected chi connectivity index (χ2v) is 5.07. The van der Waals surface area contributed by atoms with Crippen molar-refractivity contribution in [3.63, 3.8) is 0 Å². The van der Waals surface area contributed by atoms with Crippen molar-refractivity contribution in [2.75, 3.05) is 18.6 Å². The number of benzene rings is 1. The molecule has 0 saturated carbocycles. The number of carbonyl (C=O) groups is 1. The molecule has 1 rings (SSSR count). The standard InChI is InChI=1S/C12H16ClNOS/c1-9(8-16-2)7-14-12(15)10-5-3-4-6-11(10)13/h3-6,9H,7-8H2,1-2H3,(H,14,15)/t9-/m0/s1. The number of halogens is 1. The third-order valence-electron chi connectivity index (χ3n) is 2.18. The monoisotopic (exact) mass is 257 g/mol. The fraction of sp³-hybridized carbons (Fsp3) is 0.417. The highest BCUT2D eigenvalue weighted by molar-refractivity contribution is 7.98. The third kappa shape index (κ3) is 4.06. The highest BCUT2D eigenvalue weighted by Crippen LogP contribution is 2.14. The molecule has 0 spiro atoms. The summed E-state index contributed by atoms with van der Waals surface area (Å²) in [6.07, 6.45) is 2.06. The molecule has 0 aliphatic rings. The number of nitrogens with one attached hydrogen (secondary N) is 1. The van der Waals surface area contributed by atoms with Crippen molar-refractivity contribution in [3.8, 4) is 0 Å². The molecule has 0 aliphatic carbocycles. The summed E-state index contributed by atoms with van der Waals surface area (Å²) in [5.74, 6) is 1.42. The van der Waals surface area contributed by atoms with Crippen LogP contribution >= 0.6 is 23.4 Å². The molecule has 0 aliphatic heterocycles. The maximum Gasteiger partial charge on any atom is 0.252 e. The van der Waals surface area contributed by atoms with Gasteiger partial charge >= 0.3 is 0 Å². The van der Waals surface area contributed by atoms with Crippen molar-refractivity contribution >= 4 is 29.3 Å². The summed E-state index contributed by atoms with van der Waals surface area (Å²) in [5, 5.41) is 3.39. The predicted molar refractivity (Wildman–Crippen MR) is 71.3 cm³/mol. The van der Waals surface area contributed by atoms with Gasteiger partial charge in [-0.05, 0) is 30.1 Å². The molecule has 0 saturated heterocycles. The van der Waals surface area contributed by atoms with Gasteiger partial charge in [0.1, 0.15) is 0 Å². The summed E-state index contributed by atoms with van der Waals surface area (Å²) in [6, 6.07) is 7.08. The van der Waals surface area contributed by atoms with Gasteiger partial charge in [-0.25, -0.2) is 0 Å². The number of amides is 1. The molecule has 16 heavy (non-hydrogen) atoms. The first-order chi connectivity index (χ1) is 7.65. The molecule has 0 radical (unpaired) electrons. The lowest BCUT2D eigenvalue weighted by atomic mass is 10.2. The SMILES string of the molecule is CSC[C@@H](C)CNC(=O)c1ccccc1Cl. The van der Waals surface area contributed by atoms with Gasteiger partial charge in [-0.3, -0.25) is 4.79 Å². The van der Waals surface area contributed by atoms with Crippen LogP contribution in [0.15, 0.2) is 24.3 Å². The van der Waals surface area contributed by atoms with Crippen molar-refractivity contribution in [1.82, 2.24) is 5.32 Å². The molecule has 0 aromatic heterocycles. The van der Waals surface area contributed by atoms with Gasteiger partial charge < -0.3 is 5.32 Å². The van der Waals surface area contributed by atoms with Crippen molar-refractivity contribution < 1.29 is 4.79 Å². The van der Waals surface area contributed by atoms with E-state index in [1.165, 1.54) is 0 Å². The molecule has 1 aromatic rings. The largest absolute Gasteiger partial charge is 0.352 e. The van der Waals surface area contributed by atoms with Crippen LogP contribution in [0.25, 0.3) is 0 Å². The maximum atomic E-state index is 11.8. The summed E-state index contributed by atoms with van der Waals surface area (Å²) >= 11 is 7.71. The van der Waals surface area contributed by atoms with Crippen LogP contribution in [0.4, 0.5) is 0 Å². The molecule has 2 nitrogen and oxygen atoms in total. The zero-order valence-electron chi connectivity index (χ0n) is 9.50. The van der Waals surface area contributed by atoms with Crippen LogP contribution in [-0.2, 0) is 0 Å². The van der Waals surface area contributed by atoms with Crippen LogP contribution in [-0.4, -0.2) is 24.5 Å². The highest BCUT2D eigenvalue weighted by Gasteiger charge is 2.10. The summed E-state index contributed by atoms with van der Waals surface area (Å²) < 4.78 is 0. The van der Waals surface area contributed by atoms with E-state index in [9.17, 15) is 4.79 Å². The minimum Gasteiger partial charge on any atom is -0.352 e. The van der Waals surface area contributed by atoms with Gasteiger partial charge in [0.2, 0.25) is 0 Å². The Morgan fingerprint density at radius 3 is 2.81 bits per heavy atom. The van der Waals surface area contributed by atoms with Gasteiger partial charge in [0.25, 0.3) is 5.91 Å². The minimum atomic E-state index is -0.0986. The molecule has 1 amide bonds. The third-order valence-corrected chi connectivity index (χ3v) is 3.41. The quantitative estimate of drug-likeness (QED) is 0.878. The maximum absolute atomic E-state index is 11.8. The number of thioether (sulfide) groups is 1. The van der Waals surface area contributed by atoms with Gasteiger partial charge in [0.15, 0.2) is 0 Å². The molecule has 0 bridgehead atoms. The van der Waals surface area contributed by atoms with Crippen LogP contribution in [0.2, 0.25) is 5.02 Å². The fourth-order valence-corrected chi connectivity index (χ4v) is 2.26. The Morgan fingerprint density at radius 2 is 2.19 bits per heavy atom. The summed E-state index contributed by atoms with van der Waals surface area (Å²) in [4.78, 5) is 11.8. The van der Waals surface area contributed by atoms with Gasteiger partial charge in [-0.15, -0.1) is 0 Å². The first-order valence-electron chi connectivity index (χ1n) is 5.16. The minimum absolute atomic E-state index is 0.0986. The van der Waals surface area contributed by atoms with Crippen molar-refractivity contribution in [3.05, 3.63) is 34.9 Å². The summed E-state index contributed by atoms with van der Waals surface area (Å²) in [5.41, 5.74) is 0.542. The van der Waals surface area contributed by atoms with Crippen LogP contribution in [0.3, 0.4) is 0 Å². The molecular weight excluding hydrogens is 242 g/mol. The second kappa shape index (κ2) is 6.81. The Labute approximate surface area is 106 Å². The summed E-state index contributed by atoms with van der Waals surface area (Å²) in [6.45, 7) is 2.80. The molecule has 1 aromatic carbocycles. The lowest BCUT2D eigenvalue weighted by Crippen LogP contribution is -2.29. The first-order valence-corrected chi connectivity index (χ1v) is 6.94. The normalized spacial score (nSPS) is 12.2. The molecule has 88 valence electrons. The molecule has 4 heteroatoms. The Morgan fingerprint density at radius 1 is 1.50 bits per heavy atom. The number of hydrogen-bond acceptors (Lipinski definition) is 2. The molecule has 0 heterocycles. The van der Waals surface area contributed by atoms with E-state index < -0.39 is 0 Å². The van der Waals surface area contributed by atoms with Gasteiger partial charge in [-0.1, -0.05) is 30.7 Å². The fourth-order valence-electron chi connectivity index (χ4n) is 1.35. The van der Waals surface area contributed by atoms with Crippen LogP contribution < -0.4 is 5.32 Å². The lowest BCUT2D eigenvalue weighted by Gasteiger charge is -2.11. The summed E-state index contributed by atoms with van der Waals surface area (Å²) in [7, 11) is 0. The van der Waals surface area contributed by atoms with Gasteiger partial charge in [0.05, 0.1) is 10.6 Å². The smallest absolute Gasteiger partial charge is 0.252 e. The van der Waals surface area contributed by atoms with E-state index in [0.717, 1.165) is 5.75 Å². The van der Waals surface area contributed by atoms with E-state index in [1.807, 2.05) is 12.1 Å². The molecule has 1 atom stereocenters. The Balaban J connectivity index is 2.50. The van der Waals surface area contributed by atoms with E-state index >= 15 is 0 Å². The molecule has 1 N–H and O–H groups in total. The van der Waals surface area contributed by atoms with Crippen molar-refractivity contribution in [2.45, 2.75) is 6.92 Å². The topological polar surface area (TPSA) is 29.1 Å². The Bertz CT molecular complexity index is 357. The average Bonchev–Trinajstić information content (AvgIpc) is 2.27. The van der Waals surface area contributed by atoms with E-state index in [1.54, 1.807) is 23.9 Å². The number of hydrogen-bond donors (Lipinski definition) is 1. The number of rotatable bonds is 5. The van der Waals surface area contributed by atoms with Crippen molar-refractivity contribution in [1.29, 1.82) is 0 Å². The molecule has 0 unspecified atom stereocenters. The Hall–Kier alpha value is -0.670. The van der Waals surface area contributed by atoms with E-state index in [4.69, 9.17) is 11.6 Å². The highest BCUT2D eigenvalue weighted by atomic mass is 35.5. The average molecular weight is 258 g/mol. The van der Waals surface area contributed by atoms with E-state index in [-0.39, 0.29) is 5.91 Å². The Kier molecular flexibility index (Phi) is 5.71. The zero-order chi connectivity index (χ0) is 12.0. The van der Waals surface area contributed by atoms with E-state index in [0.29, 0.717) is 23.0 Å². The number of carbonyl (C=O) groups excluding carboxylic acids is 1. The second-order valence-electron chi connectivity index (χ2n) is 3.75. The van der Waals surface area contributed by atoms with E-state index in [2.05, 4.69) is 18.5 Å². The van der Waals surface area contributed by atoms with Gasteiger partial charge in [0, 0.05) is 6.54 Å². The van der Waals surface area contributed by atoms with Crippen LogP contribution in [0, 0.1) is 5.92 Å². The van der Waals surface area contributed by atoms with Crippen LogP contribution in [0.5, 0.6) is 0 Å². The molecule has 0 fully saturated rings. The first kappa shape index (κ1) is 13.4.